The van der Waals surface area contributed by atoms with Crippen LogP contribution in [0.5, 0.6) is 5.75 Å². The first-order valence-corrected chi connectivity index (χ1v) is 7.03. The Kier molecular flexibility index (Phi) is 6.11. The number of benzene rings is 1. The predicted octanol–water partition coefficient (Wildman–Crippen LogP) is 2.64. The highest BCUT2D eigenvalue weighted by molar-refractivity contribution is 9.10. The Labute approximate surface area is 123 Å². The largest absolute Gasteiger partial charge is 0.507 e. The number of amides is 1. The van der Waals surface area contributed by atoms with E-state index in [1.54, 1.807) is 31.2 Å². The highest BCUT2D eigenvalue weighted by Gasteiger charge is 2.18. The molecule has 0 spiro atoms. The molecule has 100 valence electrons. The Morgan fingerprint density at radius 1 is 1.56 bits per heavy atom. The van der Waals surface area contributed by atoms with E-state index < -0.39 is 0 Å². The Morgan fingerprint density at radius 2 is 2.22 bits per heavy atom. The lowest BCUT2D eigenvalue weighted by molar-refractivity contribution is 0.0781. The van der Waals surface area contributed by atoms with Crippen molar-refractivity contribution in [1.29, 1.82) is 0 Å². The van der Waals surface area contributed by atoms with Crippen molar-refractivity contribution in [2.75, 3.05) is 27.3 Å². The highest BCUT2D eigenvalue weighted by Crippen LogP contribution is 2.23. The highest BCUT2D eigenvalue weighted by atomic mass is 79.9. The van der Waals surface area contributed by atoms with Crippen molar-refractivity contribution in [1.82, 2.24) is 4.90 Å². The van der Waals surface area contributed by atoms with E-state index in [1.165, 1.54) is 6.07 Å². The maximum atomic E-state index is 12.1. The molecule has 0 saturated carbocycles. The molecule has 0 aromatic heterocycles. The number of hydrogen-bond acceptors (Lipinski definition) is 3. The van der Waals surface area contributed by atoms with Crippen LogP contribution >= 0.6 is 31.9 Å². The normalized spacial score (nSPS) is 12.2. The molecule has 0 aliphatic heterocycles. The zero-order valence-electron chi connectivity index (χ0n) is 10.2. The summed E-state index contributed by atoms with van der Waals surface area (Å²) in [6.45, 7) is 1.01. The zero-order chi connectivity index (χ0) is 13.7. The first kappa shape index (κ1) is 15.5. The molecule has 0 saturated heterocycles. The standard InChI is InChI=1S/C12H15Br2NO3/c1-15(6-9(14)7-18-2)12(17)10-5-8(13)3-4-11(10)16/h3-5,9,16H,6-7H2,1-2H3. The van der Waals surface area contributed by atoms with Crippen LogP contribution in [0.2, 0.25) is 0 Å². The number of phenolic OH excluding ortho intramolecular Hbond substituents is 1. The fraction of sp³-hybridized carbons (Fsp3) is 0.417. The van der Waals surface area contributed by atoms with Gasteiger partial charge in [0, 0.05) is 25.2 Å². The van der Waals surface area contributed by atoms with Gasteiger partial charge in [-0.2, -0.15) is 0 Å². The summed E-state index contributed by atoms with van der Waals surface area (Å²) in [6.07, 6.45) is 0. The lowest BCUT2D eigenvalue weighted by Crippen LogP contribution is -2.33. The van der Waals surface area contributed by atoms with Crippen LogP contribution in [-0.4, -0.2) is 48.0 Å². The maximum absolute atomic E-state index is 12.1. The van der Waals surface area contributed by atoms with E-state index in [-0.39, 0.29) is 22.0 Å². The van der Waals surface area contributed by atoms with Gasteiger partial charge >= 0.3 is 0 Å². The number of hydrogen-bond donors (Lipinski definition) is 1. The van der Waals surface area contributed by atoms with Gasteiger partial charge in [-0.15, -0.1) is 0 Å². The maximum Gasteiger partial charge on any atom is 0.257 e. The molecular weight excluding hydrogens is 366 g/mol. The van der Waals surface area contributed by atoms with Crippen LogP contribution in [0.4, 0.5) is 0 Å². The van der Waals surface area contributed by atoms with Gasteiger partial charge < -0.3 is 14.7 Å². The minimum atomic E-state index is -0.227. The fourth-order valence-corrected chi connectivity index (χ4v) is 2.56. The van der Waals surface area contributed by atoms with Crippen LogP contribution in [0.3, 0.4) is 0 Å². The minimum absolute atomic E-state index is 0.0205. The van der Waals surface area contributed by atoms with Gasteiger partial charge in [0.2, 0.25) is 0 Å². The monoisotopic (exact) mass is 379 g/mol. The number of ether oxygens (including phenoxy) is 1. The third-order valence-electron chi connectivity index (χ3n) is 2.36. The van der Waals surface area contributed by atoms with Gasteiger partial charge in [-0.1, -0.05) is 31.9 Å². The first-order chi connectivity index (χ1) is 8.45. The molecule has 1 aromatic rings. The fourth-order valence-electron chi connectivity index (χ4n) is 1.50. The average Bonchev–Trinajstić information content (AvgIpc) is 2.31. The van der Waals surface area contributed by atoms with Crippen molar-refractivity contribution in [2.45, 2.75) is 4.83 Å². The molecule has 1 rings (SSSR count). The van der Waals surface area contributed by atoms with Crippen molar-refractivity contribution >= 4 is 37.8 Å². The van der Waals surface area contributed by atoms with E-state index in [0.29, 0.717) is 13.2 Å². The van der Waals surface area contributed by atoms with Crippen LogP contribution in [0, 0.1) is 0 Å². The third kappa shape index (κ3) is 4.26. The second-order valence-electron chi connectivity index (χ2n) is 3.90. The molecule has 1 amide bonds. The van der Waals surface area contributed by atoms with E-state index in [4.69, 9.17) is 4.74 Å². The summed E-state index contributed by atoms with van der Waals surface area (Å²) < 4.78 is 5.75. The molecule has 0 aliphatic carbocycles. The lowest BCUT2D eigenvalue weighted by atomic mass is 10.2. The molecular formula is C12H15Br2NO3. The van der Waals surface area contributed by atoms with Crippen LogP contribution in [0.25, 0.3) is 0 Å². The molecule has 18 heavy (non-hydrogen) atoms. The Hall–Kier alpha value is -0.590. The van der Waals surface area contributed by atoms with Gasteiger partial charge in [-0.3, -0.25) is 4.79 Å². The molecule has 0 radical (unpaired) electrons. The number of nitrogens with zero attached hydrogens (tertiary/aromatic N) is 1. The van der Waals surface area contributed by atoms with Crippen LogP contribution in [0.15, 0.2) is 22.7 Å². The molecule has 0 bridgehead atoms. The number of methoxy groups -OCH3 is 1. The lowest BCUT2D eigenvalue weighted by Gasteiger charge is -2.20. The third-order valence-corrected chi connectivity index (χ3v) is 3.40. The van der Waals surface area contributed by atoms with Crippen molar-refractivity contribution in [2.24, 2.45) is 0 Å². The minimum Gasteiger partial charge on any atom is -0.507 e. The molecule has 0 fully saturated rings. The summed E-state index contributed by atoms with van der Waals surface area (Å²) in [5.74, 6) is -0.248. The Balaban J connectivity index is 2.77. The van der Waals surface area contributed by atoms with Gasteiger partial charge in [0.05, 0.1) is 17.0 Å². The van der Waals surface area contributed by atoms with Crippen molar-refractivity contribution in [3.8, 4) is 5.75 Å². The number of alkyl halides is 1. The number of aromatic hydroxyl groups is 1. The molecule has 1 atom stereocenters. The van der Waals surface area contributed by atoms with Crippen molar-refractivity contribution in [3.05, 3.63) is 28.2 Å². The SMILES string of the molecule is COCC(Br)CN(C)C(=O)c1cc(Br)ccc1O. The van der Waals surface area contributed by atoms with E-state index in [1.807, 2.05) is 0 Å². The molecule has 1 aromatic carbocycles. The van der Waals surface area contributed by atoms with Crippen LogP contribution < -0.4 is 0 Å². The Morgan fingerprint density at radius 3 is 2.83 bits per heavy atom. The smallest absolute Gasteiger partial charge is 0.257 e. The number of phenols is 1. The zero-order valence-corrected chi connectivity index (χ0v) is 13.4. The molecule has 1 unspecified atom stereocenters. The number of rotatable bonds is 5. The topological polar surface area (TPSA) is 49.8 Å². The average molecular weight is 381 g/mol. The van der Waals surface area contributed by atoms with E-state index in [0.717, 1.165) is 4.47 Å². The quantitative estimate of drug-likeness (QED) is 0.799. The number of carbonyl (C=O) groups is 1. The van der Waals surface area contributed by atoms with Crippen molar-refractivity contribution < 1.29 is 14.6 Å². The predicted molar refractivity (Wildman–Crippen MR) is 77.4 cm³/mol. The second kappa shape index (κ2) is 7.11. The number of halogens is 2. The molecule has 0 aliphatic rings. The molecule has 0 heterocycles. The van der Waals surface area contributed by atoms with Gasteiger partial charge in [0.25, 0.3) is 5.91 Å². The second-order valence-corrected chi connectivity index (χ2v) is 6.11. The van der Waals surface area contributed by atoms with E-state index >= 15 is 0 Å². The van der Waals surface area contributed by atoms with Crippen LogP contribution in [-0.2, 0) is 4.74 Å². The molecule has 4 nitrogen and oxygen atoms in total. The Bertz CT molecular complexity index is 426. The van der Waals surface area contributed by atoms with Gasteiger partial charge in [-0.25, -0.2) is 0 Å². The van der Waals surface area contributed by atoms with Gasteiger partial charge in [-0.05, 0) is 18.2 Å². The summed E-state index contributed by atoms with van der Waals surface area (Å²) in [7, 11) is 3.29. The van der Waals surface area contributed by atoms with E-state index in [9.17, 15) is 9.90 Å². The summed E-state index contributed by atoms with van der Waals surface area (Å²) >= 11 is 6.70. The summed E-state index contributed by atoms with van der Waals surface area (Å²) in [4.78, 5) is 13.7. The van der Waals surface area contributed by atoms with Gasteiger partial charge in [0.15, 0.2) is 0 Å². The first-order valence-electron chi connectivity index (χ1n) is 5.32. The summed E-state index contributed by atoms with van der Waals surface area (Å²) in [5, 5.41) is 9.69. The molecule has 1 N–H and O–H groups in total. The summed E-state index contributed by atoms with van der Waals surface area (Å²) in [6, 6.07) is 4.78. The van der Waals surface area contributed by atoms with Crippen molar-refractivity contribution in [3.63, 3.8) is 0 Å². The van der Waals surface area contributed by atoms with E-state index in [2.05, 4.69) is 31.9 Å². The van der Waals surface area contributed by atoms with Crippen LogP contribution in [0.1, 0.15) is 10.4 Å². The van der Waals surface area contributed by atoms with Gasteiger partial charge in [0.1, 0.15) is 5.75 Å². The number of carbonyl (C=O) groups excluding carboxylic acids is 1. The summed E-state index contributed by atoms with van der Waals surface area (Å²) in [5.41, 5.74) is 0.281. The molecule has 6 heteroatoms.